The molecule has 0 spiro atoms. The van der Waals surface area contributed by atoms with Crippen LogP contribution in [-0.2, 0) is 14.3 Å². The molecule has 2 unspecified atom stereocenters. The molecule has 2 aliphatic heterocycles. The zero-order chi connectivity index (χ0) is 15.2. The molecule has 0 N–H and O–H groups in total. The highest BCUT2D eigenvalue weighted by molar-refractivity contribution is 5.91. The van der Waals surface area contributed by atoms with Gasteiger partial charge in [-0.05, 0) is 54.0 Å². The Kier molecular flexibility index (Phi) is 4.04. The van der Waals surface area contributed by atoms with Crippen molar-refractivity contribution < 1.29 is 14.3 Å². The van der Waals surface area contributed by atoms with Crippen LogP contribution in [-0.4, -0.2) is 54.2 Å². The highest BCUT2D eigenvalue weighted by Crippen LogP contribution is 2.40. The minimum Gasteiger partial charge on any atom is -0.377 e. The quantitative estimate of drug-likeness (QED) is 0.796. The van der Waals surface area contributed by atoms with Gasteiger partial charge in [0.05, 0.1) is 17.1 Å². The molecule has 0 saturated carbocycles. The van der Waals surface area contributed by atoms with Crippen molar-refractivity contribution in [1.82, 2.24) is 4.90 Å². The monoisotopic (exact) mass is 283 g/mol. The van der Waals surface area contributed by atoms with E-state index in [-0.39, 0.29) is 22.9 Å². The second-order valence-electron chi connectivity index (χ2n) is 7.63. The van der Waals surface area contributed by atoms with Gasteiger partial charge in [0.1, 0.15) is 5.60 Å². The van der Waals surface area contributed by atoms with E-state index in [2.05, 4.69) is 11.8 Å². The molecule has 20 heavy (non-hydrogen) atoms. The second kappa shape index (κ2) is 5.08. The van der Waals surface area contributed by atoms with Gasteiger partial charge in [-0.2, -0.15) is 0 Å². The lowest BCUT2D eigenvalue weighted by Crippen LogP contribution is -2.51. The molecule has 2 rings (SSSR count). The third kappa shape index (κ3) is 2.92. The summed E-state index contributed by atoms with van der Waals surface area (Å²) in [7, 11) is 1.78. The van der Waals surface area contributed by atoms with Gasteiger partial charge in [0.25, 0.3) is 0 Å². The SMILES string of the molecule is COC1(C)CCCN(CC2C(=O)C(C)(C)OC2(C)C)C1. The maximum Gasteiger partial charge on any atom is 0.171 e. The van der Waals surface area contributed by atoms with Crippen LogP contribution in [0.3, 0.4) is 0 Å². The van der Waals surface area contributed by atoms with Crippen molar-refractivity contribution in [1.29, 1.82) is 0 Å². The molecule has 0 amide bonds. The lowest BCUT2D eigenvalue weighted by Gasteiger charge is -2.41. The van der Waals surface area contributed by atoms with Crippen molar-refractivity contribution in [3.8, 4) is 0 Å². The van der Waals surface area contributed by atoms with Gasteiger partial charge >= 0.3 is 0 Å². The number of likely N-dealkylation sites (tertiary alicyclic amines) is 1. The molecule has 0 aromatic heterocycles. The number of ketones is 1. The van der Waals surface area contributed by atoms with Crippen LogP contribution in [0.1, 0.15) is 47.5 Å². The van der Waals surface area contributed by atoms with Gasteiger partial charge in [0.15, 0.2) is 5.78 Å². The number of hydrogen-bond acceptors (Lipinski definition) is 4. The number of carbonyl (C=O) groups is 1. The molecule has 0 radical (unpaired) electrons. The van der Waals surface area contributed by atoms with E-state index >= 15 is 0 Å². The molecular formula is C16H29NO3. The Morgan fingerprint density at radius 3 is 2.45 bits per heavy atom. The maximum atomic E-state index is 12.6. The number of piperidine rings is 1. The van der Waals surface area contributed by atoms with Gasteiger partial charge in [0, 0.05) is 20.2 Å². The van der Waals surface area contributed by atoms with Gasteiger partial charge in [-0.1, -0.05) is 0 Å². The van der Waals surface area contributed by atoms with Gasteiger partial charge < -0.3 is 9.47 Å². The third-order valence-corrected chi connectivity index (χ3v) is 4.94. The van der Waals surface area contributed by atoms with Crippen LogP contribution in [0.2, 0.25) is 0 Å². The molecule has 2 heterocycles. The van der Waals surface area contributed by atoms with Crippen LogP contribution >= 0.6 is 0 Å². The number of ether oxygens (including phenoxy) is 2. The van der Waals surface area contributed by atoms with Crippen LogP contribution in [0.15, 0.2) is 0 Å². The van der Waals surface area contributed by atoms with Crippen molar-refractivity contribution in [3.05, 3.63) is 0 Å². The number of nitrogens with zero attached hydrogens (tertiary/aromatic N) is 1. The first-order valence-corrected chi connectivity index (χ1v) is 7.62. The molecule has 0 aromatic carbocycles. The van der Waals surface area contributed by atoms with Crippen molar-refractivity contribution >= 4 is 5.78 Å². The average molecular weight is 283 g/mol. The first-order valence-electron chi connectivity index (χ1n) is 7.62. The summed E-state index contributed by atoms with van der Waals surface area (Å²) in [6.45, 7) is 12.7. The summed E-state index contributed by atoms with van der Waals surface area (Å²) in [5.74, 6) is 0.170. The van der Waals surface area contributed by atoms with Crippen LogP contribution < -0.4 is 0 Å². The maximum absolute atomic E-state index is 12.6. The topological polar surface area (TPSA) is 38.8 Å². The summed E-state index contributed by atoms with van der Waals surface area (Å²) in [6, 6.07) is 0. The molecule has 0 aliphatic carbocycles. The predicted octanol–water partition coefficient (Wildman–Crippen LogP) is 2.26. The summed E-state index contributed by atoms with van der Waals surface area (Å²) in [5.41, 5.74) is -1.13. The normalized spacial score (nSPS) is 37.3. The zero-order valence-corrected chi connectivity index (χ0v) is 13.8. The van der Waals surface area contributed by atoms with Crippen LogP contribution in [0.4, 0.5) is 0 Å². The average Bonchev–Trinajstić information content (AvgIpc) is 2.48. The summed E-state index contributed by atoms with van der Waals surface area (Å²) >= 11 is 0. The Morgan fingerprint density at radius 1 is 1.30 bits per heavy atom. The summed E-state index contributed by atoms with van der Waals surface area (Å²) in [5, 5.41) is 0. The van der Waals surface area contributed by atoms with E-state index in [9.17, 15) is 4.79 Å². The summed E-state index contributed by atoms with van der Waals surface area (Å²) < 4.78 is 11.6. The first-order chi connectivity index (χ1) is 9.10. The standard InChI is InChI=1S/C16H29NO3/c1-14(2)12(13(18)15(3,4)20-14)10-17-9-7-8-16(5,11-17)19-6/h12H,7-11H2,1-6H3. The molecular weight excluding hydrogens is 254 g/mol. The smallest absolute Gasteiger partial charge is 0.171 e. The Balaban J connectivity index is 2.08. The van der Waals surface area contributed by atoms with Crippen LogP contribution in [0, 0.1) is 5.92 Å². The fourth-order valence-electron chi connectivity index (χ4n) is 3.71. The van der Waals surface area contributed by atoms with Gasteiger partial charge in [-0.15, -0.1) is 0 Å². The molecule has 116 valence electrons. The first kappa shape index (κ1) is 15.9. The molecule has 4 heteroatoms. The minimum absolute atomic E-state index is 0.0586. The number of carbonyl (C=O) groups excluding carboxylic acids is 1. The van der Waals surface area contributed by atoms with E-state index in [1.807, 2.05) is 27.7 Å². The third-order valence-electron chi connectivity index (χ3n) is 4.94. The Morgan fingerprint density at radius 2 is 1.95 bits per heavy atom. The largest absolute Gasteiger partial charge is 0.377 e. The Bertz CT molecular complexity index is 391. The van der Waals surface area contributed by atoms with Gasteiger partial charge in [-0.3, -0.25) is 9.69 Å². The van der Waals surface area contributed by atoms with E-state index in [1.165, 1.54) is 0 Å². The minimum atomic E-state index is -0.658. The van der Waals surface area contributed by atoms with E-state index < -0.39 is 5.60 Å². The summed E-state index contributed by atoms with van der Waals surface area (Å²) in [4.78, 5) is 14.9. The molecule has 0 aromatic rings. The number of methoxy groups -OCH3 is 1. The van der Waals surface area contributed by atoms with Crippen molar-refractivity contribution in [2.24, 2.45) is 5.92 Å². The van der Waals surface area contributed by atoms with Crippen molar-refractivity contribution in [2.45, 2.75) is 64.3 Å². The van der Waals surface area contributed by atoms with Gasteiger partial charge in [-0.25, -0.2) is 0 Å². The highest BCUT2D eigenvalue weighted by atomic mass is 16.5. The van der Waals surface area contributed by atoms with Crippen molar-refractivity contribution in [3.63, 3.8) is 0 Å². The zero-order valence-electron chi connectivity index (χ0n) is 13.8. The molecule has 2 atom stereocenters. The molecule has 4 nitrogen and oxygen atoms in total. The van der Waals surface area contributed by atoms with Crippen LogP contribution in [0.25, 0.3) is 0 Å². The van der Waals surface area contributed by atoms with Crippen molar-refractivity contribution in [2.75, 3.05) is 26.7 Å². The number of rotatable bonds is 3. The van der Waals surface area contributed by atoms with Crippen LogP contribution in [0.5, 0.6) is 0 Å². The van der Waals surface area contributed by atoms with E-state index in [0.717, 1.165) is 32.5 Å². The molecule has 2 aliphatic rings. The van der Waals surface area contributed by atoms with Gasteiger partial charge in [0.2, 0.25) is 0 Å². The molecule has 2 fully saturated rings. The summed E-state index contributed by atoms with van der Waals surface area (Å²) in [6.07, 6.45) is 2.21. The van der Waals surface area contributed by atoms with E-state index in [0.29, 0.717) is 0 Å². The predicted molar refractivity (Wildman–Crippen MR) is 78.8 cm³/mol. The number of hydrogen-bond donors (Lipinski definition) is 0. The lowest BCUT2D eigenvalue weighted by atomic mass is 9.84. The Labute approximate surface area is 122 Å². The highest BCUT2D eigenvalue weighted by Gasteiger charge is 2.53. The van der Waals surface area contributed by atoms with E-state index in [1.54, 1.807) is 7.11 Å². The number of Topliss-reactive ketones (excluding diaryl/α,β-unsaturated/α-hetero) is 1. The second-order valence-corrected chi connectivity index (χ2v) is 7.63. The molecule has 0 bridgehead atoms. The fraction of sp³-hybridized carbons (Fsp3) is 0.938. The fourth-order valence-corrected chi connectivity index (χ4v) is 3.71. The molecule has 2 saturated heterocycles. The lowest BCUT2D eigenvalue weighted by molar-refractivity contribution is -0.132. The Hall–Kier alpha value is -0.450. The van der Waals surface area contributed by atoms with E-state index in [4.69, 9.17) is 9.47 Å².